The van der Waals surface area contributed by atoms with Crippen LogP contribution < -0.4 is 5.32 Å². The van der Waals surface area contributed by atoms with Crippen molar-refractivity contribution in [2.75, 3.05) is 0 Å². The van der Waals surface area contributed by atoms with Crippen molar-refractivity contribution < 1.29 is 14.7 Å². The number of carbonyl (C=O) groups excluding carboxylic acids is 1. The molecular formula is C14H13N3O3S. The summed E-state index contributed by atoms with van der Waals surface area (Å²) in [5.74, 6) is -1.38. The van der Waals surface area contributed by atoms with Crippen LogP contribution in [0.25, 0.3) is 6.08 Å². The Labute approximate surface area is 125 Å². The second-order valence-corrected chi connectivity index (χ2v) is 5.50. The number of aromatic nitrogens is 2. The molecule has 0 aliphatic carbocycles. The highest BCUT2D eigenvalue weighted by molar-refractivity contribution is 7.11. The van der Waals surface area contributed by atoms with E-state index in [4.69, 9.17) is 5.11 Å². The molecule has 2 aromatic heterocycles. The van der Waals surface area contributed by atoms with Gasteiger partial charge in [-0.2, -0.15) is 0 Å². The zero-order valence-electron chi connectivity index (χ0n) is 11.2. The van der Waals surface area contributed by atoms with Crippen molar-refractivity contribution in [2.24, 2.45) is 0 Å². The fourth-order valence-corrected chi connectivity index (χ4v) is 2.37. The molecule has 108 valence electrons. The predicted molar refractivity (Wildman–Crippen MR) is 78.9 cm³/mol. The summed E-state index contributed by atoms with van der Waals surface area (Å²) < 4.78 is 0. The zero-order valence-corrected chi connectivity index (χ0v) is 12.1. The maximum absolute atomic E-state index is 12.1. The van der Waals surface area contributed by atoms with Gasteiger partial charge < -0.3 is 10.4 Å². The molecule has 0 aliphatic rings. The number of nitrogens with one attached hydrogen (secondary N) is 1. The molecule has 7 heteroatoms. The summed E-state index contributed by atoms with van der Waals surface area (Å²) in [4.78, 5) is 31.8. The SMILES string of the molecule is Cc1cnc(CNC(=O)c2ccncc2/C=C/C(=O)O)s1. The number of nitrogens with zero attached hydrogens (tertiary/aromatic N) is 2. The quantitative estimate of drug-likeness (QED) is 0.823. The van der Waals surface area contributed by atoms with Gasteiger partial charge in [-0.25, -0.2) is 9.78 Å². The molecule has 0 aliphatic heterocycles. The van der Waals surface area contributed by atoms with Gasteiger partial charge in [0.05, 0.1) is 6.54 Å². The topological polar surface area (TPSA) is 92.2 Å². The van der Waals surface area contributed by atoms with Gasteiger partial charge in [-0.05, 0) is 19.1 Å². The number of thiazole rings is 1. The van der Waals surface area contributed by atoms with Crippen LogP contribution in [0.2, 0.25) is 0 Å². The Balaban J connectivity index is 2.10. The molecule has 0 aromatic carbocycles. The van der Waals surface area contributed by atoms with Gasteiger partial charge in [-0.1, -0.05) is 0 Å². The van der Waals surface area contributed by atoms with E-state index in [1.54, 1.807) is 12.3 Å². The van der Waals surface area contributed by atoms with Gasteiger partial charge in [0.2, 0.25) is 0 Å². The summed E-state index contributed by atoms with van der Waals surface area (Å²) in [5, 5.41) is 12.2. The molecule has 0 unspecified atom stereocenters. The number of carboxylic acid groups (broad SMARTS) is 1. The van der Waals surface area contributed by atoms with Gasteiger partial charge >= 0.3 is 5.97 Å². The molecule has 21 heavy (non-hydrogen) atoms. The maximum atomic E-state index is 12.1. The Hall–Kier alpha value is -2.54. The van der Waals surface area contributed by atoms with Crippen molar-refractivity contribution in [3.05, 3.63) is 51.7 Å². The molecule has 0 bridgehead atoms. The molecule has 2 heterocycles. The third-order valence-electron chi connectivity index (χ3n) is 2.57. The Morgan fingerprint density at radius 3 is 2.90 bits per heavy atom. The smallest absolute Gasteiger partial charge is 0.328 e. The fraction of sp³-hybridized carbons (Fsp3) is 0.143. The molecule has 2 rings (SSSR count). The minimum Gasteiger partial charge on any atom is -0.478 e. The Morgan fingerprint density at radius 2 is 2.24 bits per heavy atom. The first-order valence-electron chi connectivity index (χ1n) is 6.11. The Morgan fingerprint density at radius 1 is 1.43 bits per heavy atom. The molecule has 2 N–H and O–H groups in total. The second kappa shape index (κ2) is 6.76. The number of aliphatic carboxylic acids is 1. The Bertz CT molecular complexity index is 694. The highest BCUT2D eigenvalue weighted by Gasteiger charge is 2.10. The lowest BCUT2D eigenvalue weighted by Gasteiger charge is -2.06. The second-order valence-electron chi connectivity index (χ2n) is 4.18. The summed E-state index contributed by atoms with van der Waals surface area (Å²) in [5.41, 5.74) is 0.823. The Kier molecular flexibility index (Phi) is 4.78. The number of carbonyl (C=O) groups is 2. The van der Waals surface area contributed by atoms with E-state index in [1.165, 1.54) is 29.8 Å². The number of carboxylic acids is 1. The van der Waals surface area contributed by atoms with Crippen molar-refractivity contribution in [3.8, 4) is 0 Å². The van der Waals surface area contributed by atoms with Gasteiger partial charge in [0.15, 0.2) is 0 Å². The number of hydrogen-bond acceptors (Lipinski definition) is 5. The van der Waals surface area contributed by atoms with Crippen molar-refractivity contribution in [1.82, 2.24) is 15.3 Å². The van der Waals surface area contributed by atoms with Gasteiger partial charge in [-0.15, -0.1) is 11.3 Å². The summed E-state index contributed by atoms with van der Waals surface area (Å²) in [6, 6.07) is 1.55. The van der Waals surface area contributed by atoms with Gasteiger partial charge in [0, 0.05) is 40.7 Å². The largest absolute Gasteiger partial charge is 0.478 e. The average Bonchev–Trinajstić information content (AvgIpc) is 2.88. The van der Waals surface area contributed by atoms with Gasteiger partial charge in [-0.3, -0.25) is 9.78 Å². The van der Waals surface area contributed by atoms with E-state index in [9.17, 15) is 9.59 Å². The molecular weight excluding hydrogens is 290 g/mol. The number of aryl methyl sites for hydroxylation is 1. The molecule has 1 amide bonds. The van der Waals surface area contributed by atoms with Crippen LogP contribution in [0.4, 0.5) is 0 Å². The molecule has 0 fully saturated rings. The van der Waals surface area contributed by atoms with Crippen molar-refractivity contribution in [1.29, 1.82) is 0 Å². The van der Waals surface area contributed by atoms with Crippen LogP contribution in [-0.4, -0.2) is 27.0 Å². The number of amides is 1. The first-order chi connectivity index (χ1) is 10.1. The average molecular weight is 303 g/mol. The van der Waals surface area contributed by atoms with Crippen molar-refractivity contribution >= 4 is 29.3 Å². The van der Waals surface area contributed by atoms with E-state index in [0.717, 1.165) is 16.0 Å². The summed E-state index contributed by atoms with van der Waals surface area (Å²) in [7, 11) is 0. The lowest BCUT2D eigenvalue weighted by atomic mass is 10.1. The fourth-order valence-electron chi connectivity index (χ4n) is 1.64. The lowest BCUT2D eigenvalue weighted by molar-refractivity contribution is -0.131. The van der Waals surface area contributed by atoms with E-state index < -0.39 is 5.97 Å². The van der Waals surface area contributed by atoms with E-state index in [1.807, 2.05) is 6.92 Å². The normalized spacial score (nSPS) is 10.7. The highest BCUT2D eigenvalue weighted by Crippen LogP contribution is 2.12. The van der Waals surface area contributed by atoms with Crippen LogP contribution in [-0.2, 0) is 11.3 Å². The number of hydrogen-bond donors (Lipinski definition) is 2. The first-order valence-corrected chi connectivity index (χ1v) is 6.92. The monoisotopic (exact) mass is 303 g/mol. The number of rotatable bonds is 5. The van der Waals surface area contributed by atoms with Crippen LogP contribution >= 0.6 is 11.3 Å². The molecule has 0 saturated heterocycles. The summed E-state index contributed by atoms with van der Waals surface area (Å²) in [6.07, 6.45) is 7.00. The van der Waals surface area contributed by atoms with Crippen molar-refractivity contribution in [2.45, 2.75) is 13.5 Å². The lowest BCUT2D eigenvalue weighted by Crippen LogP contribution is -2.23. The molecule has 0 saturated carbocycles. The predicted octanol–water partition coefficient (Wildman–Crippen LogP) is 1.87. The minimum atomic E-state index is -1.08. The third kappa shape index (κ3) is 4.22. The highest BCUT2D eigenvalue weighted by atomic mass is 32.1. The van der Waals surface area contributed by atoms with Crippen LogP contribution in [0.3, 0.4) is 0 Å². The number of pyridine rings is 1. The maximum Gasteiger partial charge on any atom is 0.328 e. The molecule has 0 atom stereocenters. The standard InChI is InChI=1S/C14H13N3O3S/c1-9-6-16-12(21-9)8-17-14(20)11-4-5-15-7-10(11)2-3-13(18)19/h2-7H,8H2,1H3,(H,17,20)(H,18,19)/b3-2+. The zero-order chi connectivity index (χ0) is 15.2. The van der Waals surface area contributed by atoms with E-state index in [-0.39, 0.29) is 5.91 Å². The van der Waals surface area contributed by atoms with Crippen LogP contribution in [0.5, 0.6) is 0 Å². The van der Waals surface area contributed by atoms with E-state index in [0.29, 0.717) is 17.7 Å². The van der Waals surface area contributed by atoms with Crippen LogP contribution in [0.15, 0.2) is 30.7 Å². The molecule has 0 radical (unpaired) electrons. The summed E-state index contributed by atoms with van der Waals surface area (Å²) in [6.45, 7) is 2.28. The molecule has 6 nitrogen and oxygen atoms in total. The molecule has 2 aromatic rings. The van der Waals surface area contributed by atoms with Crippen molar-refractivity contribution in [3.63, 3.8) is 0 Å². The molecule has 0 spiro atoms. The van der Waals surface area contributed by atoms with Crippen LogP contribution in [0.1, 0.15) is 25.8 Å². The van der Waals surface area contributed by atoms with Crippen LogP contribution in [0, 0.1) is 6.92 Å². The van der Waals surface area contributed by atoms with E-state index in [2.05, 4.69) is 15.3 Å². The summed E-state index contributed by atoms with van der Waals surface area (Å²) >= 11 is 1.51. The first kappa shape index (κ1) is 14.9. The van der Waals surface area contributed by atoms with Gasteiger partial charge in [0.1, 0.15) is 5.01 Å². The third-order valence-corrected chi connectivity index (χ3v) is 3.48. The van der Waals surface area contributed by atoms with Gasteiger partial charge in [0.25, 0.3) is 5.91 Å². The minimum absolute atomic E-state index is 0.296. The van der Waals surface area contributed by atoms with E-state index >= 15 is 0 Å².